The van der Waals surface area contributed by atoms with E-state index in [9.17, 15) is 32.5 Å². The van der Waals surface area contributed by atoms with Crippen LogP contribution in [0.25, 0.3) is 0 Å². The first-order valence-electron chi connectivity index (χ1n) is 10.5. The molecular formula is C21H31NO10PS+. The molecule has 2 N–H and O–H groups in total. The molecule has 0 aliphatic rings. The summed E-state index contributed by atoms with van der Waals surface area (Å²) in [6, 6.07) is 8.09. The van der Waals surface area contributed by atoms with Crippen LogP contribution in [0.5, 0.6) is 5.75 Å². The van der Waals surface area contributed by atoms with Gasteiger partial charge in [-0.15, -0.1) is 0 Å². The van der Waals surface area contributed by atoms with Crippen LogP contribution in [0.4, 0.5) is 0 Å². The highest BCUT2D eigenvalue weighted by Crippen LogP contribution is 2.32. The van der Waals surface area contributed by atoms with Crippen LogP contribution in [0.2, 0.25) is 0 Å². The number of hydrogen-bond donors (Lipinski definition) is 2. The summed E-state index contributed by atoms with van der Waals surface area (Å²) in [7, 11) is -6.55. The molecule has 1 aromatic rings. The van der Waals surface area contributed by atoms with Gasteiger partial charge in [0.2, 0.25) is 5.91 Å². The van der Waals surface area contributed by atoms with E-state index in [-0.39, 0.29) is 36.8 Å². The zero-order chi connectivity index (χ0) is 25.9. The Kier molecular flexibility index (Phi) is 11.7. The van der Waals surface area contributed by atoms with Gasteiger partial charge in [-0.1, -0.05) is 39.0 Å². The van der Waals surface area contributed by atoms with E-state index < -0.39 is 53.9 Å². The quantitative estimate of drug-likeness (QED) is 0.122. The second-order valence-corrected chi connectivity index (χ2v) is 10.9. The number of carbonyl (C=O) groups excluding carboxylic acids is 3. The minimum absolute atomic E-state index is 0.112. The average molecular weight is 521 g/mol. The predicted molar refractivity (Wildman–Crippen MR) is 123 cm³/mol. The lowest BCUT2D eigenvalue weighted by Gasteiger charge is -2.35. The first-order chi connectivity index (χ1) is 15.8. The van der Waals surface area contributed by atoms with Crippen molar-refractivity contribution in [2.45, 2.75) is 52.7 Å². The largest absolute Gasteiger partial charge is 0.568 e. The maximum atomic E-state index is 12.3. The number of benzene rings is 1. The fourth-order valence-electron chi connectivity index (χ4n) is 2.87. The Hall–Kier alpha value is -2.40. The van der Waals surface area contributed by atoms with E-state index in [1.165, 1.54) is 32.9 Å². The normalized spacial score (nSPS) is 14.0. The molecular weight excluding hydrogens is 489 g/mol. The topological polar surface area (TPSA) is 162 Å². The second-order valence-electron chi connectivity index (χ2n) is 8.00. The minimum atomic E-state index is -4.04. The number of nitrogens with one attached hydrogen (secondary N) is 1. The van der Waals surface area contributed by atoms with E-state index in [1.54, 1.807) is 25.1 Å². The van der Waals surface area contributed by atoms with Crippen LogP contribution in [-0.2, 0) is 38.0 Å². The number of esters is 2. The van der Waals surface area contributed by atoms with Crippen LogP contribution in [0, 0.1) is 5.41 Å². The second kappa shape index (κ2) is 13.5. The van der Waals surface area contributed by atoms with E-state index in [0.29, 0.717) is 0 Å². The van der Waals surface area contributed by atoms with Gasteiger partial charge in [0.25, 0.3) is 16.3 Å². The van der Waals surface area contributed by atoms with Crippen molar-refractivity contribution in [3.05, 3.63) is 30.3 Å². The summed E-state index contributed by atoms with van der Waals surface area (Å²) in [6.45, 7) is 5.84. The molecule has 0 spiro atoms. The van der Waals surface area contributed by atoms with Crippen LogP contribution in [0.15, 0.2) is 30.3 Å². The smallest absolute Gasteiger partial charge is 0.388 e. The number of rotatable bonds is 14. The van der Waals surface area contributed by atoms with Gasteiger partial charge in [-0.25, -0.2) is 9.59 Å². The molecule has 0 radical (unpaired) electrons. The van der Waals surface area contributed by atoms with Gasteiger partial charge in [0.15, 0.2) is 11.9 Å². The number of carbonyl (C=O) groups is 3. The van der Waals surface area contributed by atoms with Crippen molar-refractivity contribution in [3.63, 3.8) is 0 Å². The van der Waals surface area contributed by atoms with Gasteiger partial charge in [0, 0.05) is 18.9 Å². The molecule has 0 fully saturated rings. The number of aliphatic hydroxyl groups excluding tert-OH is 1. The van der Waals surface area contributed by atoms with Crippen molar-refractivity contribution in [1.29, 1.82) is 0 Å². The van der Waals surface area contributed by atoms with Crippen molar-refractivity contribution >= 4 is 36.0 Å². The SMILES string of the molecule is CCC(OS(=O)(=O)CCCNC(C)=O)C(C)(C)[C@@H](O)C(=O)OC(=O)C[P+](=O)Oc1ccccc1. The van der Waals surface area contributed by atoms with Crippen molar-refractivity contribution in [3.8, 4) is 5.75 Å². The van der Waals surface area contributed by atoms with Crippen LogP contribution in [-0.4, -0.2) is 62.0 Å². The van der Waals surface area contributed by atoms with Crippen molar-refractivity contribution in [2.24, 2.45) is 5.41 Å². The lowest BCUT2D eigenvalue weighted by Crippen LogP contribution is -2.48. The summed E-state index contributed by atoms with van der Waals surface area (Å²) in [5.41, 5.74) is -1.46. The highest BCUT2D eigenvalue weighted by Gasteiger charge is 2.44. The summed E-state index contributed by atoms with van der Waals surface area (Å²) in [4.78, 5) is 35.2. The molecule has 0 heterocycles. The van der Waals surface area contributed by atoms with Crippen molar-refractivity contribution < 1.29 is 45.9 Å². The monoisotopic (exact) mass is 520 g/mol. The molecule has 0 bridgehead atoms. The molecule has 0 aromatic heterocycles. The molecule has 1 amide bonds. The summed E-state index contributed by atoms with van der Waals surface area (Å²) < 4.78 is 51.5. The summed E-state index contributed by atoms with van der Waals surface area (Å²) >= 11 is 0. The summed E-state index contributed by atoms with van der Waals surface area (Å²) in [6.07, 6.45) is -3.52. The first-order valence-corrected chi connectivity index (χ1v) is 13.5. The van der Waals surface area contributed by atoms with Crippen molar-refractivity contribution in [2.75, 3.05) is 18.5 Å². The van der Waals surface area contributed by atoms with Crippen LogP contribution in [0.1, 0.15) is 40.5 Å². The molecule has 0 aliphatic carbocycles. The Morgan fingerprint density at radius 1 is 1.18 bits per heavy atom. The third-order valence-electron chi connectivity index (χ3n) is 4.76. The number of hydrogen-bond acceptors (Lipinski definition) is 10. The Labute approximate surface area is 200 Å². The lowest BCUT2D eigenvalue weighted by atomic mass is 9.79. The molecule has 1 rings (SSSR count). The van der Waals surface area contributed by atoms with Gasteiger partial charge in [-0.2, -0.15) is 8.42 Å². The Morgan fingerprint density at radius 3 is 2.35 bits per heavy atom. The minimum Gasteiger partial charge on any atom is -0.388 e. The average Bonchev–Trinajstić information content (AvgIpc) is 2.74. The molecule has 1 aromatic carbocycles. The molecule has 11 nitrogen and oxygen atoms in total. The van der Waals surface area contributed by atoms with E-state index >= 15 is 0 Å². The Bertz CT molecular complexity index is 965. The fraction of sp³-hybridized carbons (Fsp3) is 0.571. The number of amides is 1. The zero-order valence-corrected chi connectivity index (χ0v) is 21.3. The van der Waals surface area contributed by atoms with Gasteiger partial charge < -0.3 is 15.2 Å². The standard InChI is InChI=1S/C21H30NO10PS/c1-5-17(32-34(28,29)13-9-12-22-15(2)23)21(3,4)19(25)20(26)30-18(24)14-33(27)31-16-10-7-6-8-11-16/h6-8,10-11,17,19,25H,5,9,12-14H2,1-4H3/p+1/t17?,19-/m0/s1. The molecule has 2 unspecified atom stereocenters. The number of ether oxygens (including phenoxy) is 1. The molecule has 34 heavy (non-hydrogen) atoms. The Morgan fingerprint density at radius 2 is 1.79 bits per heavy atom. The zero-order valence-electron chi connectivity index (χ0n) is 19.6. The van der Waals surface area contributed by atoms with E-state index in [0.717, 1.165) is 0 Å². The van der Waals surface area contributed by atoms with E-state index in [1.807, 2.05) is 0 Å². The molecule has 0 aliphatic heterocycles. The fourth-order valence-corrected chi connectivity index (χ4v) is 4.90. The molecule has 190 valence electrons. The first kappa shape index (κ1) is 29.6. The Balaban J connectivity index is 2.68. The lowest BCUT2D eigenvalue weighted by molar-refractivity contribution is -0.172. The van der Waals surface area contributed by atoms with Crippen LogP contribution < -0.4 is 9.84 Å². The number of aliphatic hydroxyl groups is 1. The maximum Gasteiger partial charge on any atom is 0.568 e. The summed E-state index contributed by atoms with van der Waals surface area (Å²) in [5.74, 6) is -2.91. The van der Waals surface area contributed by atoms with Gasteiger partial charge >= 0.3 is 20.0 Å². The van der Waals surface area contributed by atoms with Crippen molar-refractivity contribution in [1.82, 2.24) is 5.32 Å². The third kappa shape index (κ3) is 10.3. The maximum absolute atomic E-state index is 12.3. The third-order valence-corrected chi connectivity index (χ3v) is 7.00. The molecule has 13 heteroatoms. The molecule has 3 atom stereocenters. The van der Waals surface area contributed by atoms with Gasteiger partial charge in [0.1, 0.15) is 0 Å². The molecule has 0 saturated carbocycles. The van der Waals surface area contributed by atoms with E-state index in [4.69, 9.17) is 8.71 Å². The molecule has 0 saturated heterocycles. The van der Waals surface area contributed by atoms with Gasteiger partial charge in [-0.05, 0) is 29.5 Å². The highest BCUT2D eigenvalue weighted by atomic mass is 32.2. The number of para-hydroxylation sites is 1. The van der Waals surface area contributed by atoms with E-state index in [2.05, 4.69) is 10.1 Å². The van der Waals surface area contributed by atoms with Crippen LogP contribution in [0.3, 0.4) is 0 Å². The van der Waals surface area contributed by atoms with Gasteiger partial charge in [-0.3, -0.25) is 13.5 Å². The summed E-state index contributed by atoms with van der Waals surface area (Å²) in [5, 5.41) is 13.0. The van der Waals surface area contributed by atoms with Crippen LogP contribution >= 0.6 is 8.03 Å². The predicted octanol–water partition coefficient (Wildman–Crippen LogP) is 1.92. The van der Waals surface area contributed by atoms with Gasteiger partial charge in [0.05, 0.1) is 11.9 Å². The highest BCUT2D eigenvalue weighted by molar-refractivity contribution is 7.86.